The Labute approximate surface area is 99.5 Å². The molecule has 0 amide bonds. The van der Waals surface area contributed by atoms with Crippen molar-refractivity contribution in [1.82, 2.24) is 0 Å². The lowest BCUT2D eigenvalue weighted by Crippen LogP contribution is -2.38. The molecule has 0 heterocycles. The summed E-state index contributed by atoms with van der Waals surface area (Å²) in [6.45, 7) is 15.6. The van der Waals surface area contributed by atoms with E-state index in [1.54, 1.807) is 0 Å². The van der Waals surface area contributed by atoms with Crippen molar-refractivity contribution in [2.75, 3.05) is 6.61 Å². The fraction of sp³-hybridized carbons (Fsp3) is 0.923. The zero-order valence-electron chi connectivity index (χ0n) is 11.9. The third kappa shape index (κ3) is 6.83. The molecule has 0 N–H and O–H groups in total. The monoisotopic (exact) mass is 230 g/mol. The van der Waals surface area contributed by atoms with Crippen LogP contribution in [-0.2, 0) is 14.3 Å². The molecule has 0 aliphatic rings. The van der Waals surface area contributed by atoms with Gasteiger partial charge in [-0.1, -0.05) is 0 Å². The summed E-state index contributed by atoms with van der Waals surface area (Å²) in [5.74, 6) is -0.218. The predicted octanol–water partition coefficient (Wildman–Crippen LogP) is 3.17. The zero-order valence-corrected chi connectivity index (χ0v) is 11.9. The van der Waals surface area contributed by atoms with Crippen LogP contribution in [0.5, 0.6) is 0 Å². The van der Waals surface area contributed by atoms with Gasteiger partial charge in [-0.3, -0.25) is 4.79 Å². The largest absolute Gasteiger partial charge is 0.459 e. The molecule has 0 saturated carbocycles. The van der Waals surface area contributed by atoms with Crippen LogP contribution in [0.15, 0.2) is 0 Å². The molecule has 0 aromatic rings. The second kappa shape index (κ2) is 4.74. The standard InChI is InChI=1S/C13H26O3/c1-11(2,3)15-9-13(7,8)10(14)16-12(4,5)6/h9H2,1-8H3. The van der Waals surface area contributed by atoms with E-state index in [0.717, 1.165) is 0 Å². The number of ether oxygens (including phenoxy) is 2. The van der Waals surface area contributed by atoms with Gasteiger partial charge in [-0.15, -0.1) is 0 Å². The maximum Gasteiger partial charge on any atom is 0.314 e. The van der Waals surface area contributed by atoms with Gasteiger partial charge in [0.1, 0.15) is 5.60 Å². The quantitative estimate of drug-likeness (QED) is 0.699. The molecule has 0 atom stereocenters. The molecular weight excluding hydrogens is 204 g/mol. The highest BCUT2D eigenvalue weighted by Gasteiger charge is 2.34. The van der Waals surface area contributed by atoms with Crippen molar-refractivity contribution in [2.45, 2.75) is 66.6 Å². The first-order chi connectivity index (χ1) is 6.83. The van der Waals surface area contributed by atoms with E-state index in [-0.39, 0.29) is 11.6 Å². The van der Waals surface area contributed by atoms with E-state index in [2.05, 4.69) is 0 Å². The van der Waals surface area contributed by atoms with Crippen molar-refractivity contribution in [2.24, 2.45) is 5.41 Å². The van der Waals surface area contributed by atoms with E-state index in [9.17, 15) is 4.79 Å². The smallest absolute Gasteiger partial charge is 0.314 e. The van der Waals surface area contributed by atoms with Crippen molar-refractivity contribution >= 4 is 5.97 Å². The number of rotatable bonds is 3. The van der Waals surface area contributed by atoms with Gasteiger partial charge in [-0.2, -0.15) is 0 Å². The summed E-state index contributed by atoms with van der Waals surface area (Å²) in [7, 11) is 0. The van der Waals surface area contributed by atoms with Crippen LogP contribution in [-0.4, -0.2) is 23.8 Å². The Balaban J connectivity index is 4.38. The first kappa shape index (κ1) is 15.4. The van der Waals surface area contributed by atoms with Gasteiger partial charge in [0.25, 0.3) is 0 Å². The van der Waals surface area contributed by atoms with E-state index in [1.165, 1.54) is 0 Å². The third-order valence-corrected chi connectivity index (χ3v) is 1.82. The minimum absolute atomic E-state index is 0.218. The minimum Gasteiger partial charge on any atom is -0.459 e. The first-order valence-electron chi connectivity index (χ1n) is 5.71. The maximum atomic E-state index is 11.9. The minimum atomic E-state index is -0.611. The molecule has 0 aliphatic carbocycles. The summed E-state index contributed by atoms with van der Waals surface area (Å²) in [5.41, 5.74) is -1.30. The van der Waals surface area contributed by atoms with Crippen LogP contribution < -0.4 is 0 Å². The average Bonchev–Trinajstić information content (AvgIpc) is 1.96. The fourth-order valence-corrected chi connectivity index (χ4v) is 0.872. The number of esters is 1. The Kier molecular flexibility index (Phi) is 4.57. The van der Waals surface area contributed by atoms with Gasteiger partial charge in [0, 0.05) is 0 Å². The lowest BCUT2D eigenvalue weighted by molar-refractivity contribution is -0.171. The number of carbonyl (C=O) groups excluding carboxylic acids is 1. The molecule has 0 radical (unpaired) electrons. The lowest BCUT2D eigenvalue weighted by Gasteiger charge is -2.31. The summed E-state index contributed by atoms with van der Waals surface area (Å²) < 4.78 is 11.0. The molecule has 0 aliphatic heterocycles. The van der Waals surface area contributed by atoms with Gasteiger partial charge in [0.15, 0.2) is 0 Å². The molecule has 0 bridgehead atoms. The predicted molar refractivity (Wildman–Crippen MR) is 65.3 cm³/mol. The van der Waals surface area contributed by atoms with Crippen molar-refractivity contribution in [3.8, 4) is 0 Å². The number of hydrogen-bond donors (Lipinski definition) is 0. The molecule has 3 heteroatoms. The summed E-state index contributed by atoms with van der Waals surface area (Å²) in [5, 5.41) is 0. The van der Waals surface area contributed by atoms with Crippen LogP contribution in [0.1, 0.15) is 55.4 Å². The Hall–Kier alpha value is -0.570. The highest BCUT2D eigenvalue weighted by atomic mass is 16.6. The van der Waals surface area contributed by atoms with Crippen LogP contribution in [0.25, 0.3) is 0 Å². The van der Waals surface area contributed by atoms with Crippen molar-refractivity contribution in [3.63, 3.8) is 0 Å². The zero-order chi connectivity index (χ0) is 13.2. The van der Waals surface area contributed by atoms with Crippen molar-refractivity contribution in [3.05, 3.63) is 0 Å². The number of carbonyl (C=O) groups is 1. The maximum absolute atomic E-state index is 11.9. The SMILES string of the molecule is CC(C)(C)OCC(C)(C)C(=O)OC(C)(C)C. The molecule has 0 fully saturated rings. The molecule has 0 aromatic heterocycles. The normalized spacial score (nSPS) is 13.8. The van der Waals surface area contributed by atoms with E-state index < -0.39 is 11.0 Å². The molecule has 0 aromatic carbocycles. The third-order valence-electron chi connectivity index (χ3n) is 1.82. The van der Waals surface area contributed by atoms with E-state index >= 15 is 0 Å². The molecule has 16 heavy (non-hydrogen) atoms. The van der Waals surface area contributed by atoms with Crippen LogP contribution in [0.3, 0.4) is 0 Å². The van der Waals surface area contributed by atoms with Gasteiger partial charge in [0.2, 0.25) is 0 Å². The molecule has 0 spiro atoms. The Bertz CT molecular complexity index is 241. The molecule has 0 unspecified atom stereocenters. The highest BCUT2D eigenvalue weighted by molar-refractivity contribution is 5.76. The Morgan fingerprint density at radius 2 is 1.31 bits per heavy atom. The van der Waals surface area contributed by atoms with Gasteiger partial charge >= 0.3 is 5.97 Å². The fourth-order valence-electron chi connectivity index (χ4n) is 0.872. The van der Waals surface area contributed by atoms with Crippen LogP contribution in [0.2, 0.25) is 0 Å². The summed E-state index contributed by atoms with van der Waals surface area (Å²) in [6, 6.07) is 0. The van der Waals surface area contributed by atoms with E-state index in [1.807, 2.05) is 55.4 Å². The topological polar surface area (TPSA) is 35.5 Å². The highest BCUT2D eigenvalue weighted by Crippen LogP contribution is 2.24. The molecule has 0 saturated heterocycles. The number of hydrogen-bond acceptors (Lipinski definition) is 3. The first-order valence-corrected chi connectivity index (χ1v) is 5.71. The molecular formula is C13H26O3. The van der Waals surface area contributed by atoms with E-state index in [0.29, 0.717) is 6.61 Å². The average molecular weight is 230 g/mol. The lowest BCUT2D eigenvalue weighted by atomic mass is 9.94. The Morgan fingerprint density at radius 3 is 1.62 bits per heavy atom. The van der Waals surface area contributed by atoms with E-state index in [4.69, 9.17) is 9.47 Å². The summed E-state index contributed by atoms with van der Waals surface area (Å²) in [6.07, 6.45) is 0. The van der Waals surface area contributed by atoms with Crippen molar-refractivity contribution in [1.29, 1.82) is 0 Å². The van der Waals surface area contributed by atoms with Crippen LogP contribution in [0, 0.1) is 5.41 Å². The van der Waals surface area contributed by atoms with Gasteiger partial charge in [-0.25, -0.2) is 0 Å². The molecule has 0 rings (SSSR count). The summed E-state index contributed by atoms with van der Waals surface area (Å²) >= 11 is 0. The van der Waals surface area contributed by atoms with Crippen LogP contribution in [0.4, 0.5) is 0 Å². The summed E-state index contributed by atoms with van der Waals surface area (Å²) in [4.78, 5) is 11.9. The van der Waals surface area contributed by atoms with Gasteiger partial charge in [-0.05, 0) is 55.4 Å². The second-order valence-electron chi connectivity index (χ2n) is 6.79. The molecule has 3 nitrogen and oxygen atoms in total. The van der Waals surface area contributed by atoms with Crippen molar-refractivity contribution < 1.29 is 14.3 Å². The van der Waals surface area contributed by atoms with Gasteiger partial charge < -0.3 is 9.47 Å². The second-order valence-corrected chi connectivity index (χ2v) is 6.79. The van der Waals surface area contributed by atoms with Gasteiger partial charge in [0.05, 0.1) is 17.6 Å². The van der Waals surface area contributed by atoms with Crippen LogP contribution >= 0.6 is 0 Å². The molecule has 96 valence electrons. The Morgan fingerprint density at radius 1 is 0.875 bits per heavy atom.